The minimum atomic E-state index is -0.298. The number of pyridine rings is 1. The molecular formula is C20H19ClFN5S. The van der Waals surface area contributed by atoms with Crippen molar-refractivity contribution in [3.63, 3.8) is 0 Å². The van der Waals surface area contributed by atoms with Crippen molar-refractivity contribution in [2.24, 2.45) is 5.92 Å². The van der Waals surface area contributed by atoms with Crippen molar-refractivity contribution in [2.45, 2.75) is 31.3 Å². The van der Waals surface area contributed by atoms with E-state index >= 15 is 0 Å². The highest BCUT2D eigenvalue weighted by atomic mass is 35.5. The number of fused-ring (bicyclic) bond motifs is 1. The predicted molar refractivity (Wildman–Crippen MR) is 110 cm³/mol. The first-order valence-corrected chi connectivity index (χ1v) is 10.3. The van der Waals surface area contributed by atoms with Crippen LogP contribution in [0, 0.1) is 11.7 Å². The van der Waals surface area contributed by atoms with Gasteiger partial charge in [-0.05, 0) is 30.2 Å². The number of imidazole rings is 1. The lowest BCUT2D eigenvalue weighted by atomic mass is 10.2. The van der Waals surface area contributed by atoms with E-state index in [1.807, 2.05) is 33.5 Å². The number of benzene rings is 1. The zero-order chi connectivity index (χ0) is 19.7. The van der Waals surface area contributed by atoms with Gasteiger partial charge in [0.25, 0.3) is 0 Å². The summed E-state index contributed by atoms with van der Waals surface area (Å²) < 4.78 is 18.2. The van der Waals surface area contributed by atoms with Gasteiger partial charge in [-0.15, -0.1) is 10.2 Å². The van der Waals surface area contributed by atoms with E-state index in [0.717, 1.165) is 16.5 Å². The third-order valence-electron chi connectivity index (χ3n) is 4.19. The molecule has 0 radical (unpaired) electrons. The average Bonchev–Trinajstić information content (AvgIpc) is 3.23. The number of halogens is 2. The fourth-order valence-corrected chi connectivity index (χ4v) is 3.99. The van der Waals surface area contributed by atoms with Gasteiger partial charge in [0.2, 0.25) is 0 Å². The quantitative estimate of drug-likeness (QED) is 0.399. The van der Waals surface area contributed by atoms with E-state index in [2.05, 4.69) is 29.0 Å². The van der Waals surface area contributed by atoms with E-state index in [1.54, 1.807) is 30.0 Å². The molecule has 0 aliphatic rings. The van der Waals surface area contributed by atoms with Crippen LogP contribution >= 0.6 is 23.4 Å². The van der Waals surface area contributed by atoms with E-state index in [4.69, 9.17) is 11.6 Å². The summed E-state index contributed by atoms with van der Waals surface area (Å²) in [6, 6.07) is 10.4. The Labute approximate surface area is 171 Å². The summed E-state index contributed by atoms with van der Waals surface area (Å²) in [6.07, 6.45) is 3.78. The van der Waals surface area contributed by atoms with Crippen LogP contribution in [0.4, 0.5) is 4.39 Å². The summed E-state index contributed by atoms with van der Waals surface area (Å²) in [5.74, 6) is 1.26. The fourth-order valence-electron chi connectivity index (χ4n) is 2.99. The largest absolute Gasteiger partial charge is 0.305 e. The molecule has 28 heavy (non-hydrogen) atoms. The van der Waals surface area contributed by atoms with Gasteiger partial charge in [-0.3, -0.25) is 0 Å². The number of rotatable bonds is 6. The molecule has 0 fully saturated rings. The lowest BCUT2D eigenvalue weighted by molar-refractivity contribution is 0.496. The maximum Gasteiger partial charge on any atom is 0.191 e. The molecule has 0 amide bonds. The predicted octanol–water partition coefficient (Wildman–Crippen LogP) is 5.33. The third kappa shape index (κ3) is 3.91. The lowest BCUT2D eigenvalue weighted by Crippen LogP contribution is -2.08. The Morgan fingerprint density at radius 1 is 1.11 bits per heavy atom. The highest BCUT2D eigenvalue weighted by Gasteiger charge is 2.18. The van der Waals surface area contributed by atoms with Gasteiger partial charge in [0.05, 0.1) is 16.3 Å². The molecule has 144 valence electrons. The van der Waals surface area contributed by atoms with Crippen LogP contribution in [0.15, 0.2) is 53.9 Å². The Bertz CT molecular complexity index is 1120. The van der Waals surface area contributed by atoms with E-state index < -0.39 is 0 Å². The maximum atomic E-state index is 14.3. The van der Waals surface area contributed by atoms with Gasteiger partial charge in [-0.25, -0.2) is 9.37 Å². The Morgan fingerprint density at radius 2 is 1.93 bits per heavy atom. The number of hydrogen-bond donors (Lipinski definition) is 0. The van der Waals surface area contributed by atoms with Crippen molar-refractivity contribution >= 4 is 29.0 Å². The smallest absolute Gasteiger partial charge is 0.191 e. The van der Waals surface area contributed by atoms with Gasteiger partial charge < -0.3 is 8.97 Å². The van der Waals surface area contributed by atoms with Crippen molar-refractivity contribution in [3.05, 3.63) is 65.3 Å². The molecule has 0 atom stereocenters. The van der Waals surface area contributed by atoms with Crippen LogP contribution in [0.2, 0.25) is 5.02 Å². The second kappa shape index (κ2) is 7.93. The molecule has 0 N–H and O–H groups in total. The molecule has 0 aliphatic carbocycles. The molecule has 8 heteroatoms. The summed E-state index contributed by atoms with van der Waals surface area (Å²) in [7, 11) is 0. The third-order valence-corrected chi connectivity index (χ3v) is 5.42. The van der Waals surface area contributed by atoms with Crippen LogP contribution in [-0.4, -0.2) is 24.1 Å². The SMILES string of the molecule is CC(C)Cn1c(SCc2cn3cc(Cl)ccc3n2)nnc1-c1ccccc1F. The Balaban J connectivity index is 1.62. The van der Waals surface area contributed by atoms with Gasteiger partial charge in [-0.2, -0.15) is 0 Å². The second-order valence-electron chi connectivity index (χ2n) is 6.92. The summed E-state index contributed by atoms with van der Waals surface area (Å²) >= 11 is 7.58. The minimum Gasteiger partial charge on any atom is -0.305 e. The second-order valence-corrected chi connectivity index (χ2v) is 8.30. The van der Waals surface area contributed by atoms with Gasteiger partial charge >= 0.3 is 0 Å². The Kier molecular flexibility index (Phi) is 5.37. The van der Waals surface area contributed by atoms with Crippen LogP contribution < -0.4 is 0 Å². The molecule has 3 aromatic heterocycles. The van der Waals surface area contributed by atoms with E-state index in [1.165, 1.54) is 6.07 Å². The number of hydrogen-bond acceptors (Lipinski definition) is 4. The van der Waals surface area contributed by atoms with Gasteiger partial charge in [0, 0.05) is 24.7 Å². The van der Waals surface area contributed by atoms with Crippen LogP contribution in [0.3, 0.4) is 0 Å². The highest BCUT2D eigenvalue weighted by molar-refractivity contribution is 7.98. The van der Waals surface area contributed by atoms with E-state index in [0.29, 0.717) is 34.6 Å². The number of aromatic nitrogens is 5. The zero-order valence-electron chi connectivity index (χ0n) is 15.5. The van der Waals surface area contributed by atoms with Crippen molar-refractivity contribution < 1.29 is 4.39 Å². The van der Waals surface area contributed by atoms with Crippen molar-refractivity contribution in [1.29, 1.82) is 0 Å². The standard InChI is InChI=1S/C20H19ClFN5S/c1-13(2)9-27-19(16-5-3-4-6-17(16)22)24-25-20(27)28-12-15-11-26-10-14(21)7-8-18(26)23-15/h3-8,10-11,13H,9,12H2,1-2H3. The van der Waals surface area contributed by atoms with E-state index in [-0.39, 0.29) is 5.82 Å². The molecule has 4 aromatic rings. The molecule has 0 saturated carbocycles. The van der Waals surface area contributed by atoms with Gasteiger partial charge in [-0.1, -0.05) is 49.3 Å². The average molecular weight is 416 g/mol. The molecular weight excluding hydrogens is 397 g/mol. The Hall–Kier alpha value is -2.38. The molecule has 0 bridgehead atoms. The Morgan fingerprint density at radius 3 is 2.71 bits per heavy atom. The monoisotopic (exact) mass is 415 g/mol. The summed E-state index contributed by atoms with van der Waals surface area (Å²) in [6.45, 7) is 4.94. The minimum absolute atomic E-state index is 0.298. The lowest BCUT2D eigenvalue weighted by Gasteiger charge is -2.12. The molecule has 0 unspecified atom stereocenters. The van der Waals surface area contributed by atoms with Crippen LogP contribution in [0.5, 0.6) is 0 Å². The maximum absolute atomic E-state index is 14.3. The van der Waals surface area contributed by atoms with Gasteiger partial charge in [0.1, 0.15) is 11.5 Å². The molecule has 4 rings (SSSR count). The molecule has 0 saturated heterocycles. The number of thioether (sulfide) groups is 1. The van der Waals surface area contributed by atoms with Crippen molar-refractivity contribution in [2.75, 3.05) is 0 Å². The molecule has 0 aliphatic heterocycles. The molecule has 1 aromatic carbocycles. The normalized spacial score (nSPS) is 11.6. The first-order valence-electron chi connectivity index (χ1n) is 8.95. The molecule has 3 heterocycles. The topological polar surface area (TPSA) is 48.0 Å². The van der Waals surface area contributed by atoms with Gasteiger partial charge in [0.15, 0.2) is 11.0 Å². The summed E-state index contributed by atoms with van der Waals surface area (Å²) in [5, 5.41) is 10.0. The van der Waals surface area contributed by atoms with Crippen LogP contribution in [0.25, 0.3) is 17.0 Å². The molecule has 0 spiro atoms. The first-order chi connectivity index (χ1) is 13.5. The van der Waals surface area contributed by atoms with Crippen molar-refractivity contribution in [3.8, 4) is 11.4 Å². The molecule has 5 nitrogen and oxygen atoms in total. The highest BCUT2D eigenvalue weighted by Crippen LogP contribution is 2.28. The zero-order valence-corrected chi connectivity index (χ0v) is 17.1. The first kappa shape index (κ1) is 19.0. The van der Waals surface area contributed by atoms with Crippen molar-refractivity contribution in [1.82, 2.24) is 24.1 Å². The summed E-state index contributed by atoms with van der Waals surface area (Å²) in [5.41, 5.74) is 2.22. The summed E-state index contributed by atoms with van der Waals surface area (Å²) in [4.78, 5) is 4.60. The number of nitrogens with zero attached hydrogens (tertiary/aromatic N) is 5. The van der Waals surface area contributed by atoms with Crippen LogP contribution in [0.1, 0.15) is 19.5 Å². The van der Waals surface area contributed by atoms with Crippen LogP contribution in [-0.2, 0) is 12.3 Å². The fraction of sp³-hybridized carbons (Fsp3) is 0.250. The van der Waals surface area contributed by atoms with E-state index in [9.17, 15) is 4.39 Å².